The Morgan fingerprint density at radius 2 is 1.80 bits per heavy atom. The number of hydrogen-bond donors (Lipinski definition) is 0. The van der Waals surface area contributed by atoms with E-state index in [-0.39, 0.29) is 17.1 Å². The van der Waals surface area contributed by atoms with E-state index in [4.69, 9.17) is 4.43 Å². The topological polar surface area (TPSA) is 26.3 Å². The van der Waals surface area contributed by atoms with Gasteiger partial charge in [-0.3, -0.25) is 0 Å². The zero-order chi connectivity index (χ0) is 12.3. The Balaban J connectivity index is 4.68. The van der Waals surface area contributed by atoms with Crippen molar-refractivity contribution in [2.45, 2.75) is 51.9 Å². The quantitative estimate of drug-likeness (QED) is 0.409. The van der Waals surface area contributed by atoms with Crippen molar-refractivity contribution < 1.29 is 9.22 Å². The van der Waals surface area contributed by atoms with E-state index in [1.54, 1.807) is 6.08 Å². The third-order valence-corrected chi connectivity index (χ3v) is 7.68. The van der Waals surface area contributed by atoms with Crippen molar-refractivity contribution in [2.24, 2.45) is 5.92 Å². The van der Waals surface area contributed by atoms with E-state index >= 15 is 0 Å². The second-order valence-electron chi connectivity index (χ2n) is 5.57. The molecule has 0 aliphatic heterocycles. The predicted octanol–water partition coefficient (Wildman–Crippen LogP) is 3.40. The minimum atomic E-state index is -1.80. The molecule has 0 unspecified atom stereocenters. The number of carbonyl (C=O) groups excluding carboxylic acids is 1. The molecule has 2 atom stereocenters. The van der Waals surface area contributed by atoms with Gasteiger partial charge < -0.3 is 9.22 Å². The molecule has 0 aromatic heterocycles. The lowest BCUT2D eigenvalue weighted by Gasteiger charge is -2.39. The molecule has 0 amide bonds. The van der Waals surface area contributed by atoms with E-state index in [0.29, 0.717) is 0 Å². The van der Waals surface area contributed by atoms with Gasteiger partial charge in [-0.2, -0.15) is 0 Å². The van der Waals surface area contributed by atoms with Gasteiger partial charge in [-0.25, -0.2) is 0 Å². The van der Waals surface area contributed by atoms with Crippen LogP contribution >= 0.6 is 0 Å². The van der Waals surface area contributed by atoms with Crippen LogP contribution in [-0.2, 0) is 9.22 Å². The van der Waals surface area contributed by atoms with Crippen molar-refractivity contribution in [3.05, 3.63) is 12.7 Å². The van der Waals surface area contributed by atoms with E-state index in [9.17, 15) is 4.79 Å². The van der Waals surface area contributed by atoms with Crippen LogP contribution in [0.25, 0.3) is 0 Å². The second kappa shape index (κ2) is 5.08. The lowest BCUT2D eigenvalue weighted by atomic mass is 10.1. The highest BCUT2D eigenvalue weighted by molar-refractivity contribution is 6.74. The highest BCUT2D eigenvalue weighted by Gasteiger charge is 2.39. The summed E-state index contributed by atoms with van der Waals surface area (Å²) in [6, 6.07) is 0. The monoisotopic (exact) mass is 228 g/mol. The van der Waals surface area contributed by atoms with Gasteiger partial charge in [0.25, 0.3) is 0 Å². The molecule has 0 aliphatic carbocycles. The van der Waals surface area contributed by atoms with E-state index in [1.807, 2.05) is 6.92 Å². The van der Waals surface area contributed by atoms with Gasteiger partial charge in [0.05, 0.1) is 6.10 Å². The lowest BCUT2D eigenvalue weighted by molar-refractivity contribution is -0.112. The number of aldehydes is 1. The van der Waals surface area contributed by atoms with Crippen molar-refractivity contribution in [1.82, 2.24) is 0 Å². The summed E-state index contributed by atoms with van der Waals surface area (Å²) in [5.74, 6) is -0.114. The minimum absolute atomic E-state index is 0.114. The standard InChI is InChI=1S/C12H24O2Si/c1-8-11(10(2)9-13)14-15(6,7)12(3,4)5/h8-11H,1H2,2-7H3/t10-,11-/m0/s1. The Hall–Kier alpha value is -0.413. The first-order valence-corrected chi connectivity index (χ1v) is 8.32. The second-order valence-corrected chi connectivity index (χ2v) is 10.3. The molecule has 0 radical (unpaired) electrons. The summed E-state index contributed by atoms with van der Waals surface area (Å²) in [5.41, 5.74) is 0. The van der Waals surface area contributed by atoms with E-state index in [0.717, 1.165) is 6.29 Å². The minimum Gasteiger partial charge on any atom is -0.410 e. The maximum atomic E-state index is 10.7. The molecule has 0 spiro atoms. The zero-order valence-corrected chi connectivity index (χ0v) is 11.8. The van der Waals surface area contributed by atoms with Crippen molar-refractivity contribution in [1.29, 1.82) is 0 Å². The van der Waals surface area contributed by atoms with Crippen molar-refractivity contribution >= 4 is 14.6 Å². The van der Waals surface area contributed by atoms with Crippen molar-refractivity contribution in [3.8, 4) is 0 Å². The molecule has 0 heterocycles. The summed E-state index contributed by atoms with van der Waals surface area (Å²) in [6.07, 6.45) is 2.52. The third-order valence-electron chi connectivity index (χ3n) is 3.20. The third kappa shape index (κ3) is 3.91. The Bertz CT molecular complexity index is 228. The van der Waals surface area contributed by atoms with Crippen LogP contribution in [0.3, 0.4) is 0 Å². The molecule has 0 aromatic rings. The zero-order valence-electron chi connectivity index (χ0n) is 10.8. The summed E-state index contributed by atoms with van der Waals surface area (Å²) in [7, 11) is -1.80. The van der Waals surface area contributed by atoms with Crippen LogP contribution in [0.1, 0.15) is 27.7 Å². The molecule has 0 aliphatic rings. The summed E-state index contributed by atoms with van der Waals surface area (Å²) in [4.78, 5) is 10.7. The van der Waals surface area contributed by atoms with Gasteiger partial charge in [-0.15, -0.1) is 6.58 Å². The molecule has 3 heteroatoms. The summed E-state index contributed by atoms with van der Waals surface area (Å²) in [6.45, 7) is 16.5. The summed E-state index contributed by atoms with van der Waals surface area (Å²) >= 11 is 0. The summed E-state index contributed by atoms with van der Waals surface area (Å²) in [5, 5.41) is 0.164. The maximum absolute atomic E-state index is 10.7. The van der Waals surface area contributed by atoms with Crippen LogP contribution in [0.2, 0.25) is 18.1 Å². The first-order chi connectivity index (χ1) is 6.65. The fourth-order valence-corrected chi connectivity index (χ4v) is 2.31. The fourth-order valence-electron chi connectivity index (χ4n) is 0.965. The molecular weight excluding hydrogens is 204 g/mol. The van der Waals surface area contributed by atoms with Crippen LogP contribution in [0, 0.1) is 5.92 Å². The molecule has 2 nitrogen and oxygen atoms in total. The van der Waals surface area contributed by atoms with Gasteiger partial charge in [0, 0.05) is 5.92 Å². The molecule has 0 N–H and O–H groups in total. The molecule has 88 valence electrons. The van der Waals surface area contributed by atoms with Crippen molar-refractivity contribution in [2.75, 3.05) is 0 Å². The number of hydrogen-bond acceptors (Lipinski definition) is 2. The van der Waals surface area contributed by atoms with Gasteiger partial charge in [0.2, 0.25) is 0 Å². The first kappa shape index (κ1) is 14.6. The molecule has 0 rings (SSSR count). The van der Waals surface area contributed by atoms with Gasteiger partial charge in [0.15, 0.2) is 8.32 Å². The smallest absolute Gasteiger partial charge is 0.192 e. The Morgan fingerprint density at radius 3 is 2.07 bits per heavy atom. The van der Waals surface area contributed by atoms with Gasteiger partial charge in [0.1, 0.15) is 6.29 Å². The normalized spacial score (nSPS) is 16.9. The Morgan fingerprint density at radius 1 is 1.33 bits per heavy atom. The van der Waals surface area contributed by atoms with E-state index in [2.05, 4.69) is 40.4 Å². The summed E-state index contributed by atoms with van der Waals surface area (Å²) < 4.78 is 6.09. The number of carbonyl (C=O) groups is 1. The highest BCUT2D eigenvalue weighted by Crippen LogP contribution is 2.38. The van der Waals surface area contributed by atoms with Gasteiger partial charge in [-0.1, -0.05) is 33.8 Å². The lowest BCUT2D eigenvalue weighted by Crippen LogP contribution is -2.45. The van der Waals surface area contributed by atoms with Crippen LogP contribution in [0.5, 0.6) is 0 Å². The van der Waals surface area contributed by atoms with E-state index in [1.165, 1.54) is 0 Å². The number of rotatable bonds is 5. The molecular formula is C12H24O2Si. The molecule has 0 saturated heterocycles. The molecule has 0 bridgehead atoms. The first-order valence-electron chi connectivity index (χ1n) is 5.41. The average Bonchev–Trinajstić information content (AvgIpc) is 2.11. The highest BCUT2D eigenvalue weighted by atomic mass is 28.4. The maximum Gasteiger partial charge on any atom is 0.192 e. The van der Waals surface area contributed by atoms with Crippen LogP contribution < -0.4 is 0 Å². The van der Waals surface area contributed by atoms with E-state index < -0.39 is 8.32 Å². The molecule has 15 heavy (non-hydrogen) atoms. The van der Waals surface area contributed by atoms with Gasteiger partial charge >= 0.3 is 0 Å². The molecule has 0 saturated carbocycles. The Labute approximate surface area is 94.8 Å². The van der Waals surface area contributed by atoms with Gasteiger partial charge in [-0.05, 0) is 18.1 Å². The average molecular weight is 228 g/mol. The predicted molar refractivity (Wildman–Crippen MR) is 67.5 cm³/mol. The van der Waals surface area contributed by atoms with Crippen LogP contribution in [-0.4, -0.2) is 20.7 Å². The fraction of sp³-hybridized carbons (Fsp3) is 0.750. The largest absolute Gasteiger partial charge is 0.410 e. The SMILES string of the molecule is C=C[C@H](O[Si](C)(C)C(C)(C)C)[C@@H](C)C=O. The van der Waals surface area contributed by atoms with Crippen LogP contribution in [0.15, 0.2) is 12.7 Å². The molecule has 0 aromatic carbocycles. The van der Waals surface area contributed by atoms with Crippen LogP contribution in [0.4, 0.5) is 0 Å². The van der Waals surface area contributed by atoms with Crippen molar-refractivity contribution in [3.63, 3.8) is 0 Å². The Kier molecular flexibility index (Phi) is 4.94. The molecule has 0 fully saturated rings.